The average molecular weight is 463 g/mol. The third kappa shape index (κ3) is 10.4. The second-order valence-electron chi connectivity index (χ2n) is 7.35. The van der Waals surface area contributed by atoms with Crippen molar-refractivity contribution in [1.82, 2.24) is 0 Å². The minimum Gasteiger partial charge on any atom is -0.463 e. The lowest BCUT2D eigenvalue weighted by Gasteiger charge is -2.44. The molecule has 0 aromatic carbocycles. The number of hydrogen-bond donors (Lipinski definition) is 0. The van der Waals surface area contributed by atoms with Crippen LogP contribution in [0.4, 0.5) is 0 Å². The standard InChI is InChI=1S/C21H34O9S/c1-6-7-8-9-10-11-31-21-20(29-16(5)25)19(28-15(4)24)18(27-14(3)23)17(30-21)12-26-13(2)22/h17-21H,6-12H2,1-5H3/t17-,18+,19+,20-,21+/m1/s1. The number of unbranched alkanes of at least 4 members (excludes halogenated alkanes) is 4. The van der Waals surface area contributed by atoms with Gasteiger partial charge in [-0.25, -0.2) is 0 Å². The van der Waals surface area contributed by atoms with Gasteiger partial charge in [-0.1, -0.05) is 32.6 Å². The smallest absolute Gasteiger partial charge is 0.303 e. The van der Waals surface area contributed by atoms with Gasteiger partial charge in [-0.05, 0) is 12.2 Å². The summed E-state index contributed by atoms with van der Waals surface area (Å²) in [6, 6.07) is 0. The largest absolute Gasteiger partial charge is 0.463 e. The highest BCUT2D eigenvalue weighted by molar-refractivity contribution is 7.99. The fourth-order valence-corrected chi connectivity index (χ4v) is 4.45. The Morgan fingerprint density at radius 2 is 1.29 bits per heavy atom. The molecule has 1 fully saturated rings. The van der Waals surface area contributed by atoms with Crippen molar-refractivity contribution in [2.24, 2.45) is 0 Å². The van der Waals surface area contributed by atoms with Gasteiger partial charge in [0.1, 0.15) is 18.1 Å². The van der Waals surface area contributed by atoms with E-state index in [0.29, 0.717) is 0 Å². The third-order valence-electron chi connectivity index (χ3n) is 4.48. The molecule has 1 aliphatic rings. The van der Waals surface area contributed by atoms with Crippen molar-refractivity contribution in [3.63, 3.8) is 0 Å². The van der Waals surface area contributed by atoms with Crippen LogP contribution < -0.4 is 0 Å². The maximum atomic E-state index is 11.8. The van der Waals surface area contributed by atoms with Gasteiger partial charge in [0, 0.05) is 27.7 Å². The SMILES string of the molecule is CCCCCCCS[C@@H]1O[C@H](COC(C)=O)[C@H](OC(C)=O)[C@H](OC(C)=O)[C@H]1OC(C)=O. The van der Waals surface area contributed by atoms with Crippen LogP contribution in [0.25, 0.3) is 0 Å². The van der Waals surface area contributed by atoms with Crippen LogP contribution in [-0.2, 0) is 42.9 Å². The van der Waals surface area contributed by atoms with Gasteiger partial charge in [0.15, 0.2) is 18.3 Å². The second kappa shape index (κ2) is 14.3. The van der Waals surface area contributed by atoms with E-state index in [2.05, 4.69) is 6.92 Å². The molecule has 0 amide bonds. The summed E-state index contributed by atoms with van der Waals surface area (Å²) in [4.78, 5) is 46.5. The molecule has 0 radical (unpaired) electrons. The van der Waals surface area contributed by atoms with Crippen molar-refractivity contribution < 1.29 is 42.9 Å². The topological polar surface area (TPSA) is 114 Å². The summed E-state index contributed by atoms with van der Waals surface area (Å²) in [7, 11) is 0. The summed E-state index contributed by atoms with van der Waals surface area (Å²) in [6.45, 7) is 6.84. The van der Waals surface area contributed by atoms with Crippen LogP contribution >= 0.6 is 11.8 Å². The summed E-state index contributed by atoms with van der Waals surface area (Å²) in [5.74, 6) is -1.65. The van der Waals surface area contributed by atoms with Crippen molar-refractivity contribution in [3.05, 3.63) is 0 Å². The van der Waals surface area contributed by atoms with Gasteiger partial charge in [0.2, 0.25) is 0 Å². The highest BCUT2D eigenvalue weighted by atomic mass is 32.2. The quantitative estimate of drug-likeness (QED) is 0.244. The van der Waals surface area contributed by atoms with E-state index in [1.165, 1.54) is 45.9 Å². The van der Waals surface area contributed by atoms with Crippen LogP contribution in [-0.4, -0.2) is 66.1 Å². The molecule has 1 rings (SSSR count). The molecule has 0 N–H and O–H groups in total. The summed E-state index contributed by atoms with van der Waals surface area (Å²) in [5, 5.41) is 0. The van der Waals surface area contributed by atoms with E-state index in [-0.39, 0.29) is 6.61 Å². The first-order valence-corrected chi connectivity index (χ1v) is 11.6. The molecular weight excluding hydrogens is 428 g/mol. The van der Waals surface area contributed by atoms with Crippen LogP contribution in [0, 0.1) is 0 Å². The van der Waals surface area contributed by atoms with Crippen LogP contribution in [0.1, 0.15) is 66.7 Å². The summed E-state index contributed by atoms with van der Waals surface area (Å²) in [5.41, 5.74) is -0.688. The van der Waals surface area contributed by atoms with Gasteiger partial charge >= 0.3 is 23.9 Å². The zero-order chi connectivity index (χ0) is 23.4. The van der Waals surface area contributed by atoms with Crippen molar-refractivity contribution in [2.75, 3.05) is 12.4 Å². The molecule has 0 saturated carbocycles. The van der Waals surface area contributed by atoms with E-state index >= 15 is 0 Å². The molecule has 1 saturated heterocycles. The number of esters is 4. The van der Waals surface area contributed by atoms with E-state index in [0.717, 1.165) is 31.4 Å². The number of hydrogen-bond acceptors (Lipinski definition) is 10. The monoisotopic (exact) mass is 462 g/mol. The Balaban J connectivity index is 3.07. The van der Waals surface area contributed by atoms with E-state index in [4.69, 9.17) is 23.7 Å². The minimum absolute atomic E-state index is 0.203. The number of ether oxygens (including phenoxy) is 5. The van der Waals surface area contributed by atoms with Gasteiger partial charge in [-0.15, -0.1) is 11.8 Å². The molecule has 0 unspecified atom stereocenters. The maximum absolute atomic E-state index is 11.8. The molecule has 31 heavy (non-hydrogen) atoms. The van der Waals surface area contributed by atoms with Crippen molar-refractivity contribution in [2.45, 2.75) is 96.6 Å². The Hall–Kier alpha value is -1.81. The van der Waals surface area contributed by atoms with E-state index in [1.807, 2.05) is 0 Å². The summed E-state index contributed by atoms with van der Waals surface area (Å²) >= 11 is 1.42. The van der Waals surface area contributed by atoms with E-state index in [9.17, 15) is 19.2 Å². The molecule has 9 nitrogen and oxygen atoms in total. The van der Waals surface area contributed by atoms with Crippen LogP contribution in [0.5, 0.6) is 0 Å². The lowest BCUT2D eigenvalue weighted by atomic mass is 9.99. The Morgan fingerprint density at radius 1 is 0.742 bits per heavy atom. The molecule has 178 valence electrons. The third-order valence-corrected chi connectivity index (χ3v) is 5.71. The predicted octanol–water partition coefficient (Wildman–Crippen LogP) is 2.77. The van der Waals surface area contributed by atoms with Gasteiger partial charge in [0.25, 0.3) is 0 Å². The van der Waals surface area contributed by atoms with Gasteiger partial charge in [-0.3, -0.25) is 19.2 Å². The normalized spacial score (nSPS) is 25.4. The van der Waals surface area contributed by atoms with Crippen LogP contribution in [0.15, 0.2) is 0 Å². The number of thioether (sulfide) groups is 1. The lowest BCUT2D eigenvalue weighted by molar-refractivity contribution is -0.237. The zero-order valence-corrected chi connectivity index (χ0v) is 19.7. The first-order valence-electron chi connectivity index (χ1n) is 10.6. The Kier molecular flexibility index (Phi) is 12.5. The van der Waals surface area contributed by atoms with Gasteiger partial charge < -0.3 is 23.7 Å². The predicted molar refractivity (Wildman–Crippen MR) is 113 cm³/mol. The van der Waals surface area contributed by atoms with Crippen molar-refractivity contribution >= 4 is 35.6 Å². The fraction of sp³-hybridized carbons (Fsp3) is 0.810. The van der Waals surface area contributed by atoms with Crippen molar-refractivity contribution in [3.8, 4) is 0 Å². The van der Waals surface area contributed by atoms with Gasteiger partial charge in [-0.2, -0.15) is 0 Å². The Labute approximate surface area is 187 Å². The first kappa shape index (κ1) is 27.2. The van der Waals surface area contributed by atoms with Crippen LogP contribution in [0.3, 0.4) is 0 Å². The molecule has 0 spiro atoms. The van der Waals surface area contributed by atoms with Crippen LogP contribution in [0.2, 0.25) is 0 Å². The van der Waals surface area contributed by atoms with E-state index in [1.54, 1.807) is 0 Å². The number of rotatable bonds is 12. The zero-order valence-electron chi connectivity index (χ0n) is 18.9. The number of carbonyl (C=O) groups excluding carboxylic acids is 4. The molecule has 1 heterocycles. The molecular formula is C21H34O9S. The molecule has 0 aromatic heterocycles. The molecule has 5 atom stereocenters. The average Bonchev–Trinajstić information content (AvgIpc) is 2.66. The number of carbonyl (C=O) groups is 4. The van der Waals surface area contributed by atoms with Crippen molar-refractivity contribution in [1.29, 1.82) is 0 Å². The molecule has 1 aliphatic heterocycles. The molecule has 0 aliphatic carbocycles. The Bertz CT molecular complexity index is 610. The minimum atomic E-state index is -1.11. The second-order valence-corrected chi connectivity index (χ2v) is 8.56. The first-order chi connectivity index (χ1) is 14.6. The molecule has 10 heteroatoms. The fourth-order valence-electron chi connectivity index (χ4n) is 3.23. The van der Waals surface area contributed by atoms with Gasteiger partial charge in [0.05, 0.1) is 0 Å². The highest BCUT2D eigenvalue weighted by Crippen LogP contribution is 2.34. The lowest BCUT2D eigenvalue weighted by Crippen LogP contribution is -2.61. The molecule has 0 aromatic rings. The Morgan fingerprint density at radius 3 is 1.84 bits per heavy atom. The van der Waals surface area contributed by atoms with E-state index < -0.39 is 53.7 Å². The highest BCUT2D eigenvalue weighted by Gasteiger charge is 2.52. The molecule has 0 bridgehead atoms. The summed E-state index contributed by atoms with van der Waals surface area (Å²) in [6.07, 6.45) is 1.38. The maximum Gasteiger partial charge on any atom is 0.303 e. The summed E-state index contributed by atoms with van der Waals surface area (Å²) < 4.78 is 27.3.